The summed E-state index contributed by atoms with van der Waals surface area (Å²) in [4.78, 5) is 27.7. The number of amides is 2. The van der Waals surface area contributed by atoms with Crippen LogP contribution in [0.5, 0.6) is 0 Å². The molecule has 1 aromatic heterocycles. The van der Waals surface area contributed by atoms with Gasteiger partial charge in [-0.05, 0) is 39.0 Å². The average molecular weight is 400 g/mol. The predicted octanol–water partition coefficient (Wildman–Crippen LogP) is 4.46. The second-order valence-corrected chi connectivity index (χ2v) is 7.66. The molecule has 2 aromatic rings. The zero-order valence-electron chi connectivity index (χ0n) is 14.6. The van der Waals surface area contributed by atoms with E-state index < -0.39 is 17.5 Å². The Balaban J connectivity index is 1.84. The molecule has 0 unspecified atom stereocenters. The summed E-state index contributed by atoms with van der Waals surface area (Å²) in [7, 11) is 0. The van der Waals surface area contributed by atoms with E-state index in [0.29, 0.717) is 16.4 Å². The van der Waals surface area contributed by atoms with Crippen molar-refractivity contribution in [2.45, 2.75) is 32.8 Å². The Morgan fingerprint density at radius 2 is 2.08 bits per heavy atom. The van der Waals surface area contributed by atoms with E-state index in [9.17, 15) is 14.0 Å². The van der Waals surface area contributed by atoms with E-state index >= 15 is 0 Å². The Kier molecular flexibility index (Phi) is 6.55. The number of hydrogen-bond donors (Lipinski definition) is 2. The number of nitrogens with one attached hydrogen (secondary N) is 2. The van der Waals surface area contributed by atoms with Crippen LogP contribution in [0.2, 0.25) is 5.02 Å². The molecule has 0 fully saturated rings. The molecule has 9 heteroatoms. The quantitative estimate of drug-likeness (QED) is 0.778. The number of carbonyl (C=O) groups is 2. The molecule has 0 aliphatic rings. The van der Waals surface area contributed by atoms with Gasteiger partial charge in [0.2, 0.25) is 5.91 Å². The molecule has 2 amide bonds. The molecule has 2 rings (SSSR count). The molecule has 1 aromatic carbocycles. The van der Waals surface area contributed by atoms with Crippen molar-refractivity contribution in [2.24, 2.45) is 0 Å². The molecule has 0 saturated carbocycles. The van der Waals surface area contributed by atoms with Crippen LogP contribution in [0.15, 0.2) is 23.6 Å². The monoisotopic (exact) mass is 399 g/mol. The summed E-state index contributed by atoms with van der Waals surface area (Å²) in [5.74, 6) is -0.796. The SMILES string of the molecule is CC(C)(C)OC(=O)NCCC(=O)Nc1nc(-c2ccc(F)c(Cl)c2)cs1. The van der Waals surface area contributed by atoms with Crippen LogP contribution < -0.4 is 10.6 Å². The first-order valence-electron chi connectivity index (χ1n) is 7.82. The van der Waals surface area contributed by atoms with Crippen LogP contribution in [0.1, 0.15) is 27.2 Å². The molecular formula is C17H19ClFN3O3S. The fraction of sp³-hybridized carbons (Fsp3) is 0.353. The molecular weight excluding hydrogens is 381 g/mol. The lowest BCUT2D eigenvalue weighted by Gasteiger charge is -2.19. The highest BCUT2D eigenvalue weighted by Crippen LogP contribution is 2.28. The molecule has 26 heavy (non-hydrogen) atoms. The van der Waals surface area contributed by atoms with Crippen LogP contribution in [0.25, 0.3) is 11.3 Å². The fourth-order valence-electron chi connectivity index (χ4n) is 1.89. The molecule has 0 spiro atoms. The van der Waals surface area contributed by atoms with Gasteiger partial charge in [-0.25, -0.2) is 14.2 Å². The van der Waals surface area contributed by atoms with Crippen LogP contribution >= 0.6 is 22.9 Å². The highest BCUT2D eigenvalue weighted by Gasteiger charge is 2.16. The van der Waals surface area contributed by atoms with Gasteiger partial charge in [-0.1, -0.05) is 11.6 Å². The van der Waals surface area contributed by atoms with Crippen molar-refractivity contribution in [3.8, 4) is 11.3 Å². The van der Waals surface area contributed by atoms with Gasteiger partial charge in [-0.3, -0.25) is 4.79 Å². The number of halogens is 2. The van der Waals surface area contributed by atoms with Gasteiger partial charge >= 0.3 is 6.09 Å². The van der Waals surface area contributed by atoms with E-state index in [0.717, 1.165) is 0 Å². The maximum atomic E-state index is 13.2. The van der Waals surface area contributed by atoms with Gasteiger partial charge in [0.25, 0.3) is 0 Å². The molecule has 140 valence electrons. The van der Waals surface area contributed by atoms with Gasteiger partial charge in [0, 0.05) is 23.9 Å². The summed E-state index contributed by atoms with van der Waals surface area (Å²) in [6, 6.07) is 4.30. The number of anilines is 1. The normalized spacial score (nSPS) is 11.1. The highest BCUT2D eigenvalue weighted by molar-refractivity contribution is 7.14. The number of nitrogens with zero attached hydrogens (tertiary/aromatic N) is 1. The third-order valence-corrected chi connectivity index (χ3v) is 4.03. The number of hydrogen-bond acceptors (Lipinski definition) is 5. The van der Waals surface area contributed by atoms with Crippen molar-refractivity contribution < 1.29 is 18.7 Å². The number of thiazole rings is 1. The number of alkyl carbamates (subject to hydrolysis) is 1. The lowest BCUT2D eigenvalue weighted by atomic mass is 10.2. The Morgan fingerprint density at radius 1 is 1.35 bits per heavy atom. The third-order valence-electron chi connectivity index (χ3n) is 2.99. The van der Waals surface area contributed by atoms with E-state index in [-0.39, 0.29) is 23.9 Å². The number of rotatable bonds is 5. The smallest absolute Gasteiger partial charge is 0.407 e. The minimum atomic E-state index is -0.590. The van der Waals surface area contributed by atoms with Crippen molar-refractivity contribution >= 4 is 40.1 Å². The van der Waals surface area contributed by atoms with E-state index in [1.54, 1.807) is 32.2 Å². The number of aromatic nitrogens is 1. The van der Waals surface area contributed by atoms with Crippen LogP contribution in [0.3, 0.4) is 0 Å². The molecule has 0 aliphatic carbocycles. The Bertz CT molecular complexity index is 805. The average Bonchev–Trinajstić information content (AvgIpc) is 2.96. The molecule has 2 N–H and O–H groups in total. The summed E-state index contributed by atoms with van der Waals surface area (Å²) in [5.41, 5.74) is 0.645. The van der Waals surface area contributed by atoms with Gasteiger partial charge < -0.3 is 15.4 Å². The molecule has 0 saturated heterocycles. The van der Waals surface area contributed by atoms with Gasteiger partial charge in [-0.15, -0.1) is 11.3 Å². The summed E-state index contributed by atoms with van der Waals surface area (Å²) < 4.78 is 18.3. The summed E-state index contributed by atoms with van der Waals surface area (Å²) in [5, 5.41) is 7.31. The highest BCUT2D eigenvalue weighted by atomic mass is 35.5. The standard InChI is InChI=1S/C17H19ClFN3O3S/c1-17(2,3)25-16(24)20-7-6-14(23)22-15-21-13(9-26-15)10-4-5-12(19)11(18)8-10/h4-5,8-9H,6-7H2,1-3H3,(H,20,24)(H,21,22,23). The van der Waals surface area contributed by atoms with E-state index in [2.05, 4.69) is 15.6 Å². The van der Waals surface area contributed by atoms with Gasteiger partial charge in [0.1, 0.15) is 11.4 Å². The first-order chi connectivity index (χ1) is 12.1. The van der Waals surface area contributed by atoms with Crippen molar-refractivity contribution in [3.05, 3.63) is 34.4 Å². The van der Waals surface area contributed by atoms with Crippen molar-refractivity contribution in [1.82, 2.24) is 10.3 Å². The minimum Gasteiger partial charge on any atom is -0.444 e. The minimum absolute atomic E-state index is 0.00861. The van der Waals surface area contributed by atoms with Gasteiger partial charge in [0.15, 0.2) is 5.13 Å². The molecule has 0 radical (unpaired) electrons. The van der Waals surface area contributed by atoms with E-state index in [1.807, 2.05) is 0 Å². The zero-order chi connectivity index (χ0) is 19.3. The largest absolute Gasteiger partial charge is 0.444 e. The first kappa shape index (κ1) is 20.1. The Labute approximate surface area is 159 Å². The molecule has 0 bridgehead atoms. The number of ether oxygens (including phenoxy) is 1. The van der Waals surface area contributed by atoms with Gasteiger partial charge in [0.05, 0.1) is 10.7 Å². The van der Waals surface area contributed by atoms with Gasteiger partial charge in [-0.2, -0.15) is 0 Å². The fourth-order valence-corrected chi connectivity index (χ4v) is 2.81. The third kappa shape index (κ3) is 6.27. The first-order valence-corrected chi connectivity index (χ1v) is 9.07. The Morgan fingerprint density at radius 3 is 2.73 bits per heavy atom. The van der Waals surface area contributed by atoms with E-state index in [1.165, 1.54) is 23.5 Å². The molecule has 0 aliphatic heterocycles. The maximum Gasteiger partial charge on any atom is 0.407 e. The lowest BCUT2D eigenvalue weighted by Crippen LogP contribution is -2.34. The summed E-state index contributed by atoms with van der Waals surface area (Å²) in [6.45, 7) is 5.42. The summed E-state index contributed by atoms with van der Waals surface area (Å²) in [6.07, 6.45) is -0.494. The van der Waals surface area contributed by atoms with E-state index in [4.69, 9.17) is 16.3 Å². The second kappa shape index (κ2) is 8.46. The predicted molar refractivity (Wildman–Crippen MR) is 100 cm³/mol. The topological polar surface area (TPSA) is 80.3 Å². The number of benzene rings is 1. The maximum absolute atomic E-state index is 13.2. The molecule has 6 nitrogen and oxygen atoms in total. The van der Waals surface area contributed by atoms with Crippen LogP contribution in [-0.4, -0.2) is 29.1 Å². The number of carbonyl (C=O) groups excluding carboxylic acids is 2. The van der Waals surface area contributed by atoms with Crippen LogP contribution in [-0.2, 0) is 9.53 Å². The van der Waals surface area contributed by atoms with Crippen molar-refractivity contribution in [1.29, 1.82) is 0 Å². The van der Waals surface area contributed by atoms with Crippen LogP contribution in [0, 0.1) is 5.82 Å². The second-order valence-electron chi connectivity index (χ2n) is 6.39. The lowest BCUT2D eigenvalue weighted by molar-refractivity contribution is -0.116. The Hall–Kier alpha value is -2.19. The van der Waals surface area contributed by atoms with Crippen molar-refractivity contribution in [3.63, 3.8) is 0 Å². The molecule has 1 heterocycles. The molecule has 0 atom stereocenters. The van der Waals surface area contributed by atoms with Crippen LogP contribution in [0.4, 0.5) is 14.3 Å². The summed E-state index contributed by atoms with van der Waals surface area (Å²) >= 11 is 7.00. The zero-order valence-corrected chi connectivity index (χ0v) is 16.1. The van der Waals surface area contributed by atoms with Crippen molar-refractivity contribution in [2.75, 3.05) is 11.9 Å².